The van der Waals surface area contributed by atoms with Crippen LogP contribution in [0.2, 0.25) is 0 Å². The van der Waals surface area contributed by atoms with Gasteiger partial charge in [-0.25, -0.2) is 4.98 Å². The molecule has 3 heteroatoms. The Labute approximate surface area is 81.1 Å². The topological polar surface area (TPSA) is 22.1 Å². The van der Waals surface area contributed by atoms with Crippen LogP contribution in [0.3, 0.4) is 0 Å². The van der Waals surface area contributed by atoms with Crippen molar-refractivity contribution in [2.24, 2.45) is 0 Å². The maximum absolute atomic E-state index is 4.94. The molecule has 0 atom stereocenters. The van der Waals surface area contributed by atoms with Crippen LogP contribution in [0.5, 0.6) is 0 Å². The number of rotatable bonds is 0. The van der Waals surface area contributed by atoms with Gasteiger partial charge in [0.05, 0.1) is 0 Å². The van der Waals surface area contributed by atoms with E-state index in [9.17, 15) is 0 Å². The number of hydrogen-bond donors (Lipinski definition) is 0. The highest BCUT2D eigenvalue weighted by molar-refractivity contribution is 9.10. The van der Waals surface area contributed by atoms with Crippen LogP contribution in [0, 0.1) is 0 Å². The lowest BCUT2D eigenvalue weighted by molar-refractivity contribution is 0.198. The summed E-state index contributed by atoms with van der Waals surface area (Å²) < 4.78 is 5.83. The largest absolute Gasteiger partial charge is 0.381 e. The van der Waals surface area contributed by atoms with E-state index in [0.717, 1.165) is 17.8 Å². The van der Waals surface area contributed by atoms with Gasteiger partial charge in [0.1, 0.15) is 4.60 Å². The molecule has 66 valence electrons. The Kier molecular flexibility index (Phi) is 4.95. The summed E-state index contributed by atoms with van der Waals surface area (Å²) in [6.07, 6.45) is 4.30. The Morgan fingerprint density at radius 3 is 2.25 bits per heavy atom. The quantitative estimate of drug-likeness (QED) is 0.639. The lowest BCUT2D eigenvalue weighted by Gasteiger charge is -1.80. The predicted molar refractivity (Wildman–Crippen MR) is 52.0 cm³/mol. The van der Waals surface area contributed by atoms with E-state index in [1.807, 2.05) is 18.2 Å². The van der Waals surface area contributed by atoms with E-state index < -0.39 is 0 Å². The van der Waals surface area contributed by atoms with Crippen LogP contribution < -0.4 is 0 Å². The highest BCUT2D eigenvalue weighted by atomic mass is 79.9. The summed E-state index contributed by atoms with van der Waals surface area (Å²) in [6, 6.07) is 5.70. The monoisotopic (exact) mass is 229 g/mol. The van der Waals surface area contributed by atoms with E-state index in [4.69, 9.17) is 4.74 Å². The fourth-order valence-corrected chi connectivity index (χ4v) is 1.12. The SMILES string of the molecule is Brc1ccccn1.C1CCOC1. The van der Waals surface area contributed by atoms with Crippen LogP contribution in [0.4, 0.5) is 0 Å². The molecule has 2 nitrogen and oxygen atoms in total. The van der Waals surface area contributed by atoms with Crippen LogP contribution in [-0.2, 0) is 4.74 Å². The van der Waals surface area contributed by atoms with Crippen LogP contribution in [0.25, 0.3) is 0 Å². The molecule has 0 aliphatic carbocycles. The average molecular weight is 230 g/mol. The maximum atomic E-state index is 4.94. The van der Waals surface area contributed by atoms with Crippen LogP contribution in [0.15, 0.2) is 29.0 Å². The van der Waals surface area contributed by atoms with Crippen molar-refractivity contribution >= 4 is 15.9 Å². The first-order valence-electron chi connectivity index (χ1n) is 4.04. The molecule has 0 bridgehead atoms. The number of ether oxygens (including phenoxy) is 1. The molecular weight excluding hydrogens is 218 g/mol. The molecule has 0 radical (unpaired) electrons. The molecule has 1 saturated heterocycles. The fraction of sp³-hybridized carbons (Fsp3) is 0.444. The minimum absolute atomic E-state index is 0.884. The van der Waals surface area contributed by atoms with Gasteiger partial charge in [0, 0.05) is 19.4 Å². The highest BCUT2D eigenvalue weighted by Gasteiger charge is 1.94. The third kappa shape index (κ3) is 4.46. The van der Waals surface area contributed by atoms with Crippen LogP contribution >= 0.6 is 15.9 Å². The summed E-state index contributed by atoms with van der Waals surface area (Å²) in [4.78, 5) is 3.90. The van der Waals surface area contributed by atoms with Crippen molar-refractivity contribution in [1.82, 2.24) is 4.98 Å². The molecule has 1 aromatic rings. The minimum atomic E-state index is 0.884. The van der Waals surface area contributed by atoms with Crippen molar-refractivity contribution in [3.05, 3.63) is 29.0 Å². The van der Waals surface area contributed by atoms with E-state index in [-0.39, 0.29) is 0 Å². The lowest BCUT2D eigenvalue weighted by Crippen LogP contribution is -1.74. The standard InChI is InChI=1S/C5H4BrN.C4H8O/c6-5-3-1-2-4-7-5;1-2-4-5-3-1/h1-4H;1-4H2. The van der Waals surface area contributed by atoms with Gasteiger partial charge >= 0.3 is 0 Å². The predicted octanol–water partition coefficient (Wildman–Crippen LogP) is 2.64. The number of halogens is 1. The summed E-state index contributed by atoms with van der Waals surface area (Å²) in [5.74, 6) is 0. The molecule has 1 aliphatic rings. The first-order chi connectivity index (χ1) is 5.89. The molecule has 1 aliphatic heterocycles. The summed E-state index contributed by atoms with van der Waals surface area (Å²) in [7, 11) is 0. The van der Waals surface area contributed by atoms with E-state index in [2.05, 4.69) is 20.9 Å². The van der Waals surface area contributed by atoms with Crippen LogP contribution in [0.1, 0.15) is 12.8 Å². The Balaban J connectivity index is 0.000000127. The van der Waals surface area contributed by atoms with E-state index in [0.29, 0.717) is 0 Å². The molecule has 0 spiro atoms. The van der Waals surface area contributed by atoms with Gasteiger partial charge in [-0.3, -0.25) is 0 Å². The van der Waals surface area contributed by atoms with Crippen molar-refractivity contribution in [3.8, 4) is 0 Å². The third-order valence-electron chi connectivity index (χ3n) is 1.46. The second-order valence-corrected chi connectivity index (χ2v) is 3.28. The number of nitrogens with zero attached hydrogens (tertiary/aromatic N) is 1. The fourth-order valence-electron chi connectivity index (χ4n) is 0.852. The number of pyridine rings is 1. The maximum Gasteiger partial charge on any atom is 0.106 e. The average Bonchev–Trinajstić information content (AvgIpc) is 2.62. The molecule has 1 aromatic heterocycles. The van der Waals surface area contributed by atoms with Gasteiger partial charge in [-0.1, -0.05) is 6.07 Å². The first kappa shape index (κ1) is 9.68. The van der Waals surface area contributed by atoms with E-state index >= 15 is 0 Å². The molecular formula is C9H12BrNO. The van der Waals surface area contributed by atoms with Gasteiger partial charge in [-0.05, 0) is 40.9 Å². The van der Waals surface area contributed by atoms with Gasteiger partial charge in [-0.15, -0.1) is 0 Å². The number of hydrogen-bond acceptors (Lipinski definition) is 2. The Hall–Kier alpha value is -0.410. The Bertz CT molecular complexity index is 191. The first-order valence-corrected chi connectivity index (χ1v) is 4.83. The normalized spacial score (nSPS) is 15.1. The van der Waals surface area contributed by atoms with Crippen molar-refractivity contribution in [1.29, 1.82) is 0 Å². The molecule has 1 fully saturated rings. The summed E-state index contributed by atoms with van der Waals surface area (Å²) in [5, 5.41) is 0. The zero-order valence-electron chi connectivity index (χ0n) is 6.87. The van der Waals surface area contributed by atoms with Crippen molar-refractivity contribution in [2.75, 3.05) is 13.2 Å². The van der Waals surface area contributed by atoms with Crippen molar-refractivity contribution in [3.63, 3.8) is 0 Å². The molecule has 12 heavy (non-hydrogen) atoms. The minimum Gasteiger partial charge on any atom is -0.381 e. The van der Waals surface area contributed by atoms with Gasteiger partial charge in [-0.2, -0.15) is 0 Å². The van der Waals surface area contributed by atoms with E-state index in [1.54, 1.807) is 6.20 Å². The third-order valence-corrected chi connectivity index (χ3v) is 1.93. The Morgan fingerprint density at radius 2 is 2.00 bits per heavy atom. The summed E-state index contributed by atoms with van der Waals surface area (Å²) >= 11 is 3.20. The zero-order valence-corrected chi connectivity index (χ0v) is 8.46. The number of aromatic nitrogens is 1. The molecule has 2 heterocycles. The molecule has 0 aromatic carbocycles. The second kappa shape index (κ2) is 6.14. The van der Waals surface area contributed by atoms with Crippen LogP contribution in [-0.4, -0.2) is 18.2 Å². The molecule has 0 unspecified atom stereocenters. The van der Waals surface area contributed by atoms with Crippen molar-refractivity contribution in [2.45, 2.75) is 12.8 Å². The zero-order chi connectivity index (χ0) is 8.65. The van der Waals surface area contributed by atoms with Gasteiger partial charge in [0.15, 0.2) is 0 Å². The van der Waals surface area contributed by atoms with Gasteiger partial charge in [0.2, 0.25) is 0 Å². The summed E-state index contributed by atoms with van der Waals surface area (Å²) in [6.45, 7) is 2.00. The summed E-state index contributed by atoms with van der Waals surface area (Å²) in [5.41, 5.74) is 0. The Morgan fingerprint density at radius 1 is 1.25 bits per heavy atom. The lowest BCUT2D eigenvalue weighted by atomic mass is 10.4. The molecule has 2 rings (SSSR count). The van der Waals surface area contributed by atoms with Crippen molar-refractivity contribution < 1.29 is 4.74 Å². The highest BCUT2D eigenvalue weighted by Crippen LogP contribution is 2.00. The molecule has 0 N–H and O–H groups in total. The van der Waals surface area contributed by atoms with Gasteiger partial charge in [0.25, 0.3) is 0 Å². The van der Waals surface area contributed by atoms with Gasteiger partial charge < -0.3 is 4.74 Å². The molecule has 0 saturated carbocycles. The smallest absolute Gasteiger partial charge is 0.106 e. The second-order valence-electron chi connectivity index (χ2n) is 2.47. The van der Waals surface area contributed by atoms with E-state index in [1.165, 1.54) is 12.8 Å². The molecule has 0 amide bonds.